The number of aryl methyl sites for hydroxylation is 1. The Kier molecular flexibility index (Phi) is 13.4. The Morgan fingerprint density at radius 2 is 1.79 bits per heavy atom. The second-order valence-electron chi connectivity index (χ2n) is 10.1. The van der Waals surface area contributed by atoms with Gasteiger partial charge in [0, 0.05) is 12.1 Å². The van der Waals surface area contributed by atoms with Gasteiger partial charge in [0.05, 0.1) is 12.8 Å². The number of unbranched alkanes of at least 4 members (excludes halogenated alkanes) is 7. The minimum atomic E-state index is -0.418. The van der Waals surface area contributed by atoms with Crippen LogP contribution in [-0.4, -0.2) is 49.4 Å². The maximum atomic E-state index is 12.5. The first-order chi connectivity index (χ1) is 16.4. The van der Waals surface area contributed by atoms with E-state index in [0.29, 0.717) is 23.5 Å². The summed E-state index contributed by atoms with van der Waals surface area (Å²) in [6.07, 6.45) is 14.4. The van der Waals surface area contributed by atoms with Crippen molar-refractivity contribution < 1.29 is 14.3 Å². The number of hydrogen-bond donors (Lipinski definition) is 2. The van der Waals surface area contributed by atoms with Crippen molar-refractivity contribution >= 4 is 11.8 Å². The number of nitrogens with two attached hydrogens (primary N) is 1. The lowest BCUT2D eigenvalue weighted by Crippen LogP contribution is -2.47. The van der Waals surface area contributed by atoms with Gasteiger partial charge in [-0.2, -0.15) is 0 Å². The van der Waals surface area contributed by atoms with E-state index in [1.807, 2.05) is 32.0 Å². The maximum absolute atomic E-state index is 12.5. The Bertz CT molecular complexity index is 712. The van der Waals surface area contributed by atoms with E-state index in [9.17, 15) is 4.79 Å². The Hall–Kier alpha value is -1.79. The largest absolute Gasteiger partial charge is 0.495 e. The van der Waals surface area contributed by atoms with Crippen molar-refractivity contribution in [2.24, 2.45) is 5.73 Å². The average Bonchev–Trinajstić information content (AvgIpc) is 2.79. The molecule has 1 aliphatic rings. The first-order valence-corrected chi connectivity index (χ1v) is 13.5. The monoisotopic (exact) mass is 475 g/mol. The fourth-order valence-corrected chi connectivity index (χ4v) is 5.17. The zero-order valence-corrected chi connectivity index (χ0v) is 22.1. The van der Waals surface area contributed by atoms with E-state index in [-0.39, 0.29) is 6.10 Å². The van der Waals surface area contributed by atoms with E-state index >= 15 is 0 Å². The summed E-state index contributed by atoms with van der Waals surface area (Å²) in [7, 11) is 1.60. The van der Waals surface area contributed by atoms with Gasteiger partial charge < -0.3 is 15.2 Å². The number of hydrogen-bond acceptors (Lipinski definition) is 5. The average molecular weight is 476 g/mol. The van der Waals surface area contributed by atoms with Gasteiger partial charge in [-0.3, -0.25) is 10.2 Å². The molecule has 0 radical (unpaired) electrons. The fourth-order valence-electron chi connectivity index (χ4n) is 5.17. The van der Waals surface area contributed by atoms with Crippen LogP contribution >= 0.6 is 0 Å². The maximum Gasteiger partial charge on any atom is 0.412 e. The van der Waals surface area contributed by atoms with Gasteiger partial charge in [-0.25, -0.2) is 4.79 Å². The predicted octanol–water partition coefficient (Wildman–Crippen LogP) is 6.65. The number of methoxy groups -OCH3 is 1. The number of likely N-dealkylation sites (tertiary alicyclic amines) is 1. The molecule has 1 saturated heterocycles. The molecule has 0 bridgehead atoms. The number of nitrogens with one attached hydrogen (secondary N) is 1. The molecule has 3 N–H and O–H groups in total. The molecule has 1 aliphatic heterocycles. The molecule has 1 aromatic rings. The summed E-state index contributed by atoms with van der Waals surface area (Å²) in [6.45, 7) is 8.32. The molecule has 0 aliphatic carbocycles. The molecule has 1 heterocycles. The summed E-state index contributed by atoms with van der Waals surface area (Å²) in [5.41, 5.74) is 7.27. The molecular formula is C28H49N3O3. The molecule has 0 aromatic heterocycles. The highest BCUT2D eigenvalue weighted by molar-refractivity contribution is 5.87. The number of carbonyl (C=O) groups is 1. The van der Waals surface area contributed by atoms with Crippen LogP contribution in [0.1, 0.15) is 96.5 Å². The van der Waals surface area contributed by atoms with Crippen LogP contribution in [0.3, 0.4) is 0 Å². The van der Waals surface area contributed by atoms with Crippen molar-refractivity contribution in [1.82, 2.24) is 4.90 Å². The van der Waals surface area contributed by atoms with Gasteiger partial charge in [-0.05, 0) is 83.7 Å². The van der Waals surface area contributed by atoms with E-state index in [1.165, 1.54) is 64.2 Å². The summed E-state index contributed by atoms with van der Waals surface area (Å²) in [4.78, 5) is 15.2. The topological polar surface area (TPSA) is 76.8 Å². The third-order valence-corrected chi connectivity index (χ3v) is 7.07. The van der Waals surface area contributed by atoms with Crippen LogP contribution in [-0.2, 0) is 4.74 Å². The van der Waals surface area contributed by atoms with Gasteiger partial charge in [0.25, 0.3) is 0 Å². The van der Waals surface area contributed by atoms with E-state index in [4.69, 9.17) is 15.2 Å². The number of nitrogens with zero attached hydrogens (tertiary/aromatic N) is 1. The normalized spacial score (nSPS) is 19.6. The zero-order chi connectivity index (χ0) is 24.8. The van der Waals surface area contributed by atoms with Gasteiger partial charge in [0.2, 0.25) is 0 Å². The third kappa shape index (κ3) is 10.2. The number of amides is 1. The summed E-state index contributed by atoms with van der Waals surface area (Å²) in [5.74, 6) is 0.637. The second-order valence-corrected chi connectivity index (χ2v) is 10.1. The minimum Gasteiger partial charge on any atom is -0.495 e. The zero-order valence-electron chi connectivity index (χ0n) is 22.1. The molecule has 1 aromatic carbocycles. The molecule has 1 fully saturated rings. The van der Waals surface area contributed by atoms with Crippen molar-refractivity contribution in [1.29, 1.82) is 0 Å². The molecule has 3 unspecified atom stereocenters. The molecule has 6 nitrogen and oxygen atoms in total. The SMILES string of the molecule is COc1ccc(C)cc1NC(=O)OC(C)CC1CCCC(C)N1CCCCCCCCCCN. The van der Waals surface area contributed by atoms with Crippen molar-refractivity contribution in [3.63, 3.8) is 0 Å². The van der Waals surface area contributed by atoms with E-state index in [2.05, 4.69) is 17.1 Å². The standard InChI is InChI=1S/C28H49N3O3/c1-22-16-17-27(33-4)26(20-22)30-28(32)34-24(3)21-25-15-13-14-23(2)31(25)19-12-10-8-6-5-7-9-11-18-29/h16-17,20,23-25H,5-15,18-19,21,29H2,1-4H3,(H,30,32). The van der Waals surface area contributed by atoms with Gasteiger partial charge in [-0.15, -0.1) is 0 Å². The number of carbonyl (C=O) groups excluding carboxylic acids is 1. The summed E-state index contributed by atoms with van der Waals surface area (Å²) < 4.78 is 11.1. The molecule has 0 saturated carbocycles. The molecule has 2 rings (SSSR count). The van der Waals surface area contributed by atoms with Gasteiger partial charge in [0.1, 0.15) is 11.9 Å². The number of anilines is 1. The van der Waals surface area contributed by atoms with Crippen LogP contribution < -0.4 is 15.8 Å². The Morgan fingerprint density at radius 1 is 1.12 bits per heavy atom. The second kappa shape index (κ2) is 16.0. The number of piperidine rings is 1. The lowest BCUT2D eigenvalue weighted by Gasteiger charge is -2.41. The lowest BCUT2D eigenvalue weighted by atomic mass is 9.92. The van der Waals surface area contributed by atoms with Crippen LogP contribution in [0.15, 0.2) is 18.2 Å². The quantitative estimate of drug-likeness (QED) is 0.278. The lowest BCUT2D eigenvalue weighted by molar-refractivity contribution is 0.0443. The van der Waals surface area contributed by atoms with E-state index in [1.54, 1.807) is 7.11 Å². The van der Waals surface area contributed by atoms with E-state index in [0.717, 1.165) is 31.5 Å². The van der Waals surface area contributed by atoms with Gasteiger partial charge in [-0.1, -0.05) is 51.0 Å². The van der Waals surface area contributed by atoms with E-state index < -0.39 is 6.09 Å². The molecule has 3 atom stereocenters. The van der Waals surface area contributed by atoms with Crippen LogP contribution in [0, 0.1) is 6.92 Å². The van der Waals surface area contributed by atoms with Crippen LogP contribution in [0.25, 0.3) is 0 Å². The van der Waals surface area contributed by atoms with Crippen molar-refractivity contribution in [2.75, 3.05) is 25.5 Å². The fraction of sp³-hybridized carbons (Fsp3) is 0.750. The highest BCUT2D eigenvalue weighted by Gasteiger charge is 2.29. The van der Waals surface area contributed by atoms with Crippen LogP contribution in [0.5, 0.6) is 5.75 Å². The molecule has 34 heavy (non-hydrogen) atoms. The number of rotatable bonds is 15. The number of benzene rings is 1. The van der Waals surface area contributed by atoms with Gasteiger partial charge >= 0.3 is 6.09 Å². The van der Waals surface area contributed by atoms with Crippen molar-refractivity contribution in [3.8, 4) is 5.75 Å². The summed E-state index contributed by atoms with van der Waals surface area (Å²) >= 11 is 0. The predicted molar refractivity (Wildman–Crippen MR) is 142 cm³/mol. The molecule has 6 heteroatoms. The highest BCUT2D eigenvalue weighted by atomic mass is 16.6. The number of ether oxygens (including phenoxy) is 2. The summed E-state index contributed by atoms with van der Waals surface area (Å²) in [6, 6.07) is 6.80. The van der Waals surface area contributed by atoms with Crippen molar-refractivity contribution in [2.45, 2.75) is 116 Å². The highest BCUT2D eigenvalue weighted by Crippen LogP contribution is 2.28. The Labute approximate surface area is 207 Å². The molecule has 0 spiro atoms. The van der Waals surface area contributed by atoms with Crippen molar-refractivity contribution in [3.05, 3.63) is 23.8 Å². The molecule has 194 valence electrons. The van der Waals surface area contributed by atoms with Crippen LogP contribution in [0.4, 0.5) is 10.5 Å². The van der Waals surface area contributed by atoms with Gasteiger partial charge in [0.15, 0.2) is 0 Å². The summed E-state index contributed by atoms with van der Waals surface area (Å²) in [5, 5.41) is 2.85. The van der Waals surface area contributed by atoms with Crippen LogP contribution in [0.2, 0.25) is 0 Å². The smallest absolute Gasteiger partial charge is 0.412 e. The first-order valence-electron chi connectivity index (χ1n) is 13.5. The third-order valence-electron chi connectivity index (χ3n) is 7.07. The minimum absolute atomic E-state index is 0.137. The Balaban J connectivity index is 1.75. The molecule has 1 amide bonds. The molecular weight excluding hydrogens is 426 g/mol. The first kappa shape index (κ1) is 28.4. The Morgan fingerprint density at radius 3 is 2.47 bits per heavy atom.